The fourth-order valence-electron chi connectivity index (χ4n) is 5.21. The van der Waals surface area contributed by atoms with Crippen LogP contribution in [0.25, 0.3) is 0 Å². The summed E-state index contributed by atoms with van der Waals surface area (Å²) < 4.78 is 16.3. The van der Waals surface area contributed by atoms with E-state index in [0.29, 0.717) is 46.9 Å². The Kier molecular flexibility index (Phi) is 8.04. The molecule has 2 aromatic rings. The maximum Gasteiger partial charge on any atom is 0.336 e. The highest BCUT2D eigenvalue weighted by molar-refractivity contribution is 6.31. The number of hydrogen-bond acceptors (Lipinski definition) is 6. The Bertz CT molecular complexity index is 1230. The van der Waals surface area contributed by atoms with E-state index in [-0.39, 0.29) is 18.3 Å². The maximum atomic E-state index is 13.8. The molecule has 0 saturated carbocycles. The SMILES string of the molecule is CCCC1=C(C(=O)OCC)C(c2ccccc2Cl)C2=C(CC(c3ccc(OC)c(OC)c3)CC2=O)N1. The molecule has 0 saturated heterocycles. The van der Waals surface area contributed by atoms with Gasteiger partial charge in [0.1, 0.15) is 0 Å². The van der Waals surface area contributed by atoms with Crippen molar-refractivity contribution < 1.29 is 23.8 Å². The van der Waals surface area contributed by atoms with Gasteiger partial charge in [0, 0.05) is 34.3 Å². The molecule has 1 N–H and O–H groups in total. The molecule has 0 fully saturated rings. The Morgan fingerprint density at radius 1 is 1.06 bits per heavy atom. The molecule has 6 nitrogen and oxygen atoms in total. The minimum Gasteiger partial charge on any atom is -0.493 e. The highest BCUT2D eigenvalue weighted by Gasteiger charge is 2.42. The summed E-state index contributed by atoms with van der Waals surface area (Å²) in [5.41, 5.74) is 4.45. The number of methoxy groups -OCH3 is 2. The number of benzene rings is 2. The molecule has 2 aliphatic rings. The number of esters is 1. The van der Waals surface area contributed by atoms with Crippen LogP contribution in [-0.2, 0) is 14.3 Å². The topological polar surface area (TPSA) is 73.9 Å². The van der Waals surface area contributed by atoms with E-state index < -0.39 is 11.9 Å². The summed E-state index contributed by atoms with van der Waals surface area (Å²) in [5.74, 6) is 0.233. The molecule has 0 aromatic heterocycles. The molecular weight excluding hydrogens is 478 g/mol. The first kappa shape index (κ1) is 25.8. The quantitative estimate of drug-likeness (QED) is 0.436. The van der Waals surface area contributed by atoms with E-state index in [1.807, 2.05) is 36.4 Å². The van der Waals surface area contributed by atoms with Gasteiger partial charge >= 0.3 is 5.97 Å². The third-order valence-corrected chi connectivity index (χ3v) is 7.15. The second-order valence-electron chi connectivity index (χ2n) is 8.98. The van der Waals surface area contributed by atoms with Crippen molar-refractivity contribution >= 4 is 23.4 Å². The Balaban J connectivity index is 1.83. The number of rotatable bonds is 8. The van der Waals surface area contributed by atoms with Gasteiger partial charge in [0.05, 0.1) is 26.4 Å². The van der Waals surface area contributed by atoms with E-state index in [9.17, 15) is 9.59 Å². The van der Waals surface area contributed by atoms with Crippen LogP contribution in [-0.4, -0.2) is 32.6 Å². The Morgan fingerprint density at radius 3 is 2.47 bits per heavy atom. The molecule has 1 aliphatic carbocycles. The van der Waals surface area contributed by atoms with Gasteiger partial charge in [0.2, 0.25) is 0 Å². The van der Waals surface area contributed by atoms with Crippen molar-refractivity contribution in [2.75, 3.05) is 20.8 Å². The van der Waals surface area contributed by atoms with Gasteiger partial charge in [-0.2, -0.15) is 0 Å². The van der Waals surface area contributed by atoms with Gasteiger partial charge in [-0.15, -0.1) is 0 Å². The smallest absolute Gasteiger partial charge is 0.336 e. The Hall–Kier alpha value is -3.25. The van der Waals surface area contributed by atoms with Gasteiger partial charge in [-0.05, 0) is 55.0 Å². The summed E-state index contributed by atoms with van der Waals surface area (Å²) in [7, 11) is 3.20. The van der Waals surface area contributed by atoms with E-state index in [0.717, 1.165) is 28.9 Å². The molecule has 36 heavy (non-hydrogen) atoms. The molecule has 7 heteroatoms. The first-order chi connectivity index (χ1) is 17.4. The van der Waals surface area contributed by atoms with Crippen LogP contribution in [0.4, 0.5) is 0 Å². The third-order valence-electron chi connectivity index (χ3n) is 6.80. The number of allylic oxidation sites excluding steroid dienone is 3. The lowest BCUT2D eigenvalue weighted by Crippen LogP contribution is -2.37. The number of halogens is 1. The largest absolute Gasteiger partial charge is 0.493 e. The van der Waals surface area contributed by atoms with Crippen LogP contribution in [0.3, 0.4) is 0 Å². The molecule has 2 atom stereocenters. The number of nitrogens with one attached hydrogen (secondary N) is 1. The molecule has 2 unspecified atom stereocenters. The Labute approximate surface area is 217 Å². The van der Waals surface area contributed by atoms with Gasteiger partial charge in [-0.3, -0.25) is 4.79 Å². The Morgan fingerprint density at radius 2 is 1.81 bits per heavy atom. The van der Waals surface area contributed by atoms with E-state index >= 15 is 0 Å². The second kappa shape index (κ2) is 11.2. The molecule has 0 bridgehead atoms. The van der Waals surface area contributed by atoms with Crippen molar-refractivity contribution in [2.45, 2.75) is 51.4 Å². The predicted molar refractivity (Wildman–Crippen MR) is 139 cm³/mol. The highest BCUT2D eigenvalue weighted by Crippen LogP contribution is 2.48. The first-order valence-corrected chi connectivity index (χ1v) is 12.7. The molecular formula is C29H32ClNO5. The molecule has 2 aromatic carbocycles. The summed E-state index contributed by atoms with van der Waals surface area (Å²) in [6.07, 6.45) is 2.42. The summed E-state index contributed by atoms with van der Waals surface area (Å²) in [5, 5.41) is 4.00. The van der Waals surface area contributed by atoms with Crippen molar-refractivity contribution in [3.63, 3.8) is 0 Å². The van der Waals surface area contributed by atoms with Gasteiger partial charge in [-0.25, -0.2) is 4.79 Å². The standard InChI is InChI=1S/C29H32ClNO5/c1-5-9-21-28(29(33)36-6-2)26(19-10-7-8-11-20(19)30)27-22(31-21)14-18(15-23(27)32)17-12-13-24(34-3)25(16-17)35-4/h7-8,10-13,16,18,26,31H,5-6,9,14-15H2,1-4H3. The number of Topliss-reactive ketones (excluding diaryl/α,β-unsaturated/α-hetero) is 1. The number of ketones is 1. The maximum absolute atomic E-state index is 13.8. The minimum absolute atomic E-state index is 0.00852. The van der Waals surface area contributed by atoms with Crippen molar-refractivity contribution in [3.05, 3.63) is 81.2 Å². The summed E-state index contributed by atoms with van der Waals surface area (Å²) >= 11 is 6.64. The van der Waals surface area contributed by atoms with Gasteiger partial charge in [0.25, 0.3) is 0 Å². The zero-order valence-corrected chi connectivity index (χ0v) is 21.9. The molecule has 0 amide bonds. The first-order valence-electron chi connectivity index (χ1n) is 12.3. The summed E-state index contributed by atoms with van der Waals surface area (Å²) in [6.45, 7) is 4.09. The van der Waals surface area contributed by atoms with Crippen LogP contribution in [0.15, 0.2) is 65.0 Å². The van der Waals surface area contributed by atoms with Crippen molar-refractivity contribution in [1.82, 2.24) is 5.32 Å². The van der Waals surface area contributed by atoms with Gasteiger partial charge < -0.3 is 19.5 Å². The number of dihydropyridines is 1. The average molecular weight is 510 g/mol. The molecule has 0 spiro atoms. The molecule has 0 radical (unpaired) electrons. The highest BCUT2D eigenvalue weighted by atomic mass is 35.5. The van der Waals surface area contributed by atoms with Crippen molar-refractivity contribution in [1.29, 1.82) is 0 Å². The number of ether oxygens (including phenoxy) is 3. The molecule has 4 rings (SSSR count). The minimum atomic E-state index is -0.575. The van der Waals surface area contributed by atoms with Crippen LogP contribution < -0.4 is 14.8 Å². The van der Waals surface area contributed by atoms with E-state index in [1.54, 1.807) is 27.2 Å². The van der Waals surface area contributed by atoms with Gasteiger partial charge in [-0.1, -0.05) is 49.2 Å². The van der Waals surface area contributed by atoms with Crippen LogP contribution in [0, 0.1) is 0 Å². The van der Waals surface area contributed by atoms with Crippen LogP contribution >= 0.6 is 11.6 Å². The number of carbonyl (C=O) groups is 2. The molecule has 1 heterocycles. The average Bonchev–Trinajstić information content (AvgIpc) is 2.88. The van der Waals surface area contributed by atoms with Crippen molar-refractivity contribution in [2.24, 2.45) is 0 Å². The van der Waals surface area contributed by atoms with E-state index in [1.165, 1.54) is 0 Å². The zero-order valence-electron chi connectivity index (χ0n) is 21.2. The second-order valence-corrected chi connectivity index (χ2v) is 9.38. The lowest BCUT2D eigenvalue weighted by atomic mass is 9.71. The van der Waals surface area contributed by atoms with Gasteiger partial charge in [0.15, 0.2) is 17.3 Å². The van der Waals surface area contributed by atoms with Crippen LogP contribution in [0.2, 0.25) is 5.02 Å². The number of carbonyl (C=O) groups excluding carboxylic acids is 2. The molecule has 1 aliphatic heterocycles. The summed E-state index contributed by atoms with van der Waals surface area (Å²) in [6, 6.07) is 13.2. The predicted octanol–water partition coefficient (Wildman–Crippen LogP) is 6.06. The normalized spacial score (nSPS) is 19.5. The van der Waals surface area contributed by atoms with Crippen LogP contribution in [0.5, 0.6) is 11.5 Å². The fourth-order valence-corrected chi connectivity index (χ4v) is 5.46. The molecule has 190 valence electrons. The van der Waals surface area contributed by atoms with E-state index in [2.05, 4.69) is 12.2 Å². The zero-order chi connectivity index (χ0) is 25.8. The summed E-state index contributed by atoms with van der Waals surface area (Å²) in [4.78, 5) is 27.1. The number of hydrogen-bond donors (Lipinski definition) is 1. The lowest BCUT2D eigenvalue weighted by molar-refractivity contribution is -0.138. The van der Waals surface area contributed by atoms with E-state index in [4.69, 9.17) is 25.8 Å². The fraction of sp³-hybridized carbons (Fsp3) is 0.379. The monoisotopic (exact) mass is 509 g/mol. The third kappa shape index (κ3) is 4.87. The lowest BCUT2D eigenvalue weighted by Gasteiger charge is -2.37. The van der Waals surface area contributed by atoms with Crippen molar-refractivity contribution in [3.8, 4) is 11.5 Å². The van der Waals surface area contributed by atoms with Crippen LogP contribution in [0.1, 0.15) is 62.5 Å².